The summed E-state index contributed by atoms with van der Waals surface area (Å²) in [4.78, 5) is 0. The topological polar surface area (TPSA) is 163 Å². The Labute approximate surface area is 105 Å². The van der Waals surface area contributed by atoms with Crippen molar-refractivity contribution in [2.45, 2.75) is 36.0 Å². The zero-order valence-electron chi connectivity index (χ0n) is 9.34. The fourth-order valence-corrected chi connectivity index (χ4v) is 5.78. The molecule has 0 spiro atoms. The smallest absolute Gasteiger partial charge is 0.283 e. The van der Waals surface area contributed by atoms with E-state index in [1.807, 2.05) is 0 Å². The summed E-state index contributed by atoms with van der Waals surface area (Å²) >= 11 is 0. The van der Waals surface area contributed by atoms with Gasteiger partial charge in [-0.15, -0.1) is 0 Å². The van der Waals surface area contributed by atoms with E-state index < -0.39 is 40.2 Å². The van der Waals surface area contributed by atoms with Gasteiger partial charge in [-0.2, -0.15) is 25.3 Å². The van der Waals surface area contributed by atoms with Gasteiger partial charge in [0.1, 0.15) is 0 Å². The highest BCUT2D eigenvalue weighted by Gasteiger charge is 2.64. The van der Waals surface area contributed by atoms with Crippen LogP contribution in [-0.2, 0) is 30.4 Å². The van der Waals surface area contributed by atoms with Crippen molar-refractivity contribution in [2.75, 3.05) is 0 Å². The molecule has 0 heterocycles. The first kappa shape index (κ1) is 17.7. The summed E-state index contributed by atoms with van der Waals surface area (Å²) in [6, 6.07) is 0. The molecule has 0 amide bonds. The first-order valence-corrected chi connectivity index (χ1v) is 9.04. The SMILES string of the molecule is CCCCCC(S(=O)(=O)O)(S(=O)(=O)O)S(=O)(=O)O. The second kappa shape index (κ2) is 5.38. The Morgan fingerprint density at radius 3 is 1.33 bits per heavy atom. The lowest BCUT2D eigenvalue weighted by Crippen LogP contribution is -2.52. The first-order chi connectivity index (χ1) is 7.81. The van der Waals surface area contributed by atoms with E-state index in [1.165, 1.54) is 0 Å². The molecule has 0 aliphatic heterocycles. The average Bonchev–Trinajstić information content (AvgIpc) is 2.05. The molecule has 12 heteroatoms. The molecule has 0 aromatic heterocycles. The van der Waals surface area contributed by atoms with Gasteiger partial charge in [-0.1, -0.05) is 19.8 Å². The molecule has 3 N–H and O–H groups in total. The van der Waals surface area contributed by atoms with Gasteiger partial charge in [0, 0.05) is 6.42 Å². The van der Waals surface area contributed by atoms with Crippen molar-refractivity contribution in [1.29, 1.82) is 0 Å². The van der Waals surface area contributed by atoms with Crippen LogP contribution in [-0.4, -0.2) is 42.3 Å². The minimum Gasteiger partial charge on any atom is -0.283 e. The van der Waals surface area contributed by atoms with Gasteiger partial charge in [-0.05, 0) is 6.42 Å². The third-order valence-electron chi connectivity index (χ3n) is 2.27. The molecule has 0 bridgehead atoms. The van der Waals surface area contributed by atoms with Gasteiger partial charge in [0.15, 0.2) is 0 Å². The first-order valence-electron chi connectivity index (χ1n) is 4.72. The van der Waals surface area contributed by atoms with Crippen LogP contribution in [0.2, 0.25) is 0 Å². The maximum Gasteiger partial charge on any atom is 0.345 e. The molecule has 9 nitrogen and oxygen atoms in total. The van der Waals surface area contributed by atoms with Gasteiger partial charge < -0.3 is 0 Å². The van der Waals surface area contributed by atoms with E-state index in [2.05, 4.69) is 0 Å². The van der Waals surface area contributed by atoms with Crippen LogP contribution >= 0.6 is 0 Å². The van der Waals surface area contributed by atoms with Crippen molar-refractivity contribution < 1.29 is 38.9 Å². The summed E-state index contributed by atoms with van der Waals surface area (Å²) in [5, 5.41) is 0. The summed E-state index contributed by atoms with van der Waals surface area (Å²) in [5.41, 5.74) is 0. The lowest BCUT2D eigenvalue weighted by atomic mass is 10.2. The normalized spacial score (nSPS) is 14.7. The Hall–Kier alpha value is -0.270. The van der Waals surface area contributed by atoms with Crippen LogP contribution in [0.1, 0.15) is 32.6 Å². The van der Waals surface area contributed by atoms with E-state index in [0.717, 1.165) is 0 Å². The summed E-state index contributed by atoms with van der Waals surface area (Å²) in [5.74, 6) is 0. The van der Waals surface area contributed by atoms with Gasteiger partial charge in [-0.25, -0.2) is 0 Å². The molecule has 0 rings (SSSR count). The minimum absolute atomic E-state index is 0.238. The second-order valence-corrected chi connectivity index (χ2v) is 9.28. The Morgan fingerprint density at radius 1 is 0.778 bits per heavy atom. The number of unbranched alkanes of at least 4 members (excludes halogenated alkanes) is 2. The fourth-order valence-electron chi connectivity index (χ4n) is 1.38. The van der Waals surface area contributed by atoms with E-state index in [1.54, 1.807) is 6.92 Å². The van der Waals surface area contributed by atoms with Crippen molar-refractivity contribution in [2.24, 2.45) is 0 Å². The van der Waals surface area contributed by atoms with Gasteiger partial charge in [0.05, 0.1) is 0 Å². The zero-order valence-corrected chi connectivity index (χ0v) is 11.8. The molecule has 0 aliphatic carbocycles. The maximum atomic E-state index is 11.0. The fraction of sp³-hybridized carbons (Fsp3) is 1.00. The molecule has 0 radical (unpaired) electrons. The third-order valence-corrected chi connectivity index (χ3v) is 9.03. The number of hydrogen-bond acceptors (Lipinski definition) is 6. The number of hydrogen-bond donors (Lipinski definition) is 3. The Balaban J connectivity index is 6.12. The standard InChI is InChI=1S/C6H14O9S3/c1-2-3-4-5-6(16(7,8)9,17(10,11)12)18(13,14)15/h2-5H2,1H3,(H,7,8,9)(H,10,11,12)(H,13,14,15). The van der Waals surface area contributed by atoms with E-state index >= 15 is 0 Å². The van der Waals surface area contributed by atoms with Crippen LogP contribution in [0.15, 0.2) is 0 Å². The van der Waals surface area contributed by atoms with Crippen LogP contribution in [0.4, 0.5) is 0 Å². The lowest BCUT2D eigenvalue weighted by molar-refractivity contribution is 0.412. The van der Waals surface area contributed by atoms with Crippen molar-refractivity contribution in [3.8, 4) is 0 Å². The van der Waals surface area contributed by atoms with Crippen molar-refractivity contribution in [3.05, 3.63) is 0 Å². The summed E-state index contributed by atoms with van der Waals surface area (Å²) < 4.78 is 88.4. The minimum atomic E-state index is -5.80. The van der Waals surface area contributed by atoms with Gasteiger partial charge >= 0.3 is 33.8 Å². The van der Waals surface area contributed by atoms with Crippen molar-refractivity contribution in [3.63, 3.8) is 0 Å². The van der Waals surface area contributed by atoms with Crippen LogP contribution < -0.4 is 0 Å². The van der Waals surface area contributed by atoms with Crippen LogP contribution in [0.5, 0.6) is 0 Å². The Morgan fingerprint density at radius 2 is 1.11 bits per heavy atom. The Kier molecular flexibility index (Phi) is 5.30. The molecular weight excluding hydrogens is 312 g/mol. The largest absolute Gasteiger partial charge is 0.345 e. The molecule has 0 saturated heterocycles. The van der Waals surface area contributed by atoms with Gasteiger partial charge in [-0.3, -0.25) is 13.7 Å². The molecule has 18 heavy (non-hydrogen) atoms. The highest BCUT2D eigenvalue weighted by atomic mass is 32.3. The second-order valence-electron chi connectivity index (χ2n) is 3.57. The van der Waals surface area contributed by atoms with E-state index in [9.17, 15) is 25.3 Å². The van der Waals surface area contributed by atoms with Crippen LogP contribution in [0.3, 0.4) is 0 Å². The summed E-state index contributed by atoms with van der Waals surface area (Å²) in [7, 11) is -17.4. The number of rotatable bonds is 7. The van der Waals surface area contributed by atoms with Crippen LogP contribution in [0.25, 0.3) is 0 Å². The maximum absolute atomic E-state index is 11.0. The van der Waals surface area contributed by atoms with Crippen molar-refractivity contribution in [1.82, 2.24) is 0 Å². The highest BCUT2D eigenvalue weighted by molar-refractivity contribution is 8.21. The van der Waals surface area contributed by atoms with Gasteiger partial charge in [0.25, 0.3) is 0 Å². The summed E-state index contributed by atoms with van der Waals surface area (Å²) in [6.45, 7) is 1.66. The van der Waals surface area contributed by atoms with Crippen LogP contribution in [0, 0.1) is 0 Å². The molecular formula is C6H14O9S3. The average molecular weight is 326 g/mol. The quantitative estimate of drug-likeness (QED) is 0.427. The molecule has 0 atom stereocenters. The zero-order chi connectivity index (χ0) is 14.8. The van der Waals surface area contributed by atoms with Crippen molar-refractivity contribution >= 4 is 30.4 Å². The molecule has 110 valence electrons. The summed E-state index contributed by atoms with van der Waals surface area (Å²) in [6.07, 6.45) is -0.700. The van der Waals surface area contributed by atoms with E-state index in [0.29, 0.717) is 6.42 Å². The highest BCUT2D eigenvalue weighted by Crippen LogP contribution is 2.34. The van der Waals surface area contributed by atoms with E-state index in [-0.39, 0.29) is 12.8 Å². The van der Waals surface area contributed by atoms with E-state index in [4.69, 9.17) is 13.7 Å². The molecule has 0 aromatic rings. The molecule has 0 aliphatic rings. The van der Waals surface area contributed by atoms with Gasteiger partial charge in [0.2, 0.25) is 0 Å². The molecule has 0 unspecified atom stereocenters. The molecule has 0 saturated carbocycles. The monoisotopic (exact) mass is 326 g/mol. The lowest BCUT2D eigenvalue weighted by Gasteiger charge is -2.23. The predicted octanol–water partition coefficient (Wildman–Crippen LogP) is -0.116. The molecule has 0 aromatic carbocycles. The Bertz CT molecular complexity index is 503. The third kappa shape index (κ3) is 3.19. The molecule has 0 fully saturated rings. The predicted molar refractivity (Wildman–Crippen MR) is 61.5 cm³/mol.